The Balaban J connectivity index is 2.96. The zero-order chi connectivity index (χ0) is 9.14. The van der Waals surface area contributed by atoms with Crippen molar-refractivity contribution in [2.24, 2.45) is 0 Å². The molecule has 0 unspecified atom stereocenters. The van der Waals surface area contributed by atoms with Crippen LogP contribution in [0.1, 0.15) is 19.0 Å². The smallest absolute Gasteiger partial charge is 0.289 e. The van der Waals surface area contributed by atoms with Crippen molar-refractivity contribution in [2.75, 3.05) is 0 Å². The van der Waals surface area contributed by atoms with Gasteiger partial charge in [-0.2, -0.15) is 0 Å². The molecule has 0 N–H and O–H groups in total. The second-order valence-electron chi connectivity index (χ2n) is 2.74. The maximum atomic E-state index is 10.4. The summed E-state index contributed by atoms with van der Waals surface area (Å²) in [5, 5.41) is 10.4. The molecule has 66 valence electrons. The van der Waals surface area contributed by atoms with Crippen molar-refractivity contribution in [3.63, 3.8) is 0 Å². The minimum Gasteiger partial charge on any atom is -0.346 e. The molecule has 0 aromatic carbocycles. The molecule has 0 saturated carbocycles. The fourth-order valence-corrected chi connectivity index (χ4v) is 1.22. The lowest BCUT2D eigenvalue weighted by Gasteiger charge is -2.00. The van der Waals surface area contributed by atoms with E-state index >= 15 is 0 Å². The third-order valence-corrected chi connectivity index (χ3v) is 1.88. The van der Waals surface area contributed by atoms with Gasteiger partial charge in [-0.1, -0.05) is 6.92 Å². The fraction of sp³-hybridized carbons (Fsp3) is 0.500. The molecule has 0 aliphatic heterocycles. The van der Waals surface area contributed by atoms with E-state index in [0.29, 0.717) is 0 Å². The van der Waals surface area contributed by atoms with Crippen LogP contribution >= 0.6 is 0 Å². The van der Waals surface area contributed by atoms with Crippen LogP contribution in [0.4, 0.5) is 5.69 Å². The van der Waals surface area contributed by atoms with Crippen molar-refractivity contribution in [3.8, 4) is 0 Å². The number of nitro groups is 1. The minimum absolute atomic E-state index is 0.212. The molecular weight excluding hydrogens is 156 g/mol. The van der Waals surface area contributed by atoms with Gasteiger partial charge in [-0.3, -0.25) is 10.1 Å². The SMILES string of the molecule is CCCn1ccc([N+](=O)[O-])c1C. The van der Waals surface area contributed by atoms with E-state index in [0.717, 1.165) is 18.7 Å². The highest BCUT2D eigenvalue weighted by atomic mass is 16.6. The van der Waals surface area contributed by atoms with E-state index in [1.54, 1.807) is 19.2 Å². The third-order valence-electron chi connectivity index (χ3n) is 1.88. The molecule has 1 heterocycles. The summed E-state index contributed by atoms with van der Waals surface area (Å²) in [6.07, 6.45) is 2.75. The Morgan fingerprint density at radius 3 is 2.75 bits per heavy atom. The van der Waals surface area contributed by atoms with Gasteiger partial charge in [0, 0.05) is 18.8 Å². The summed E-state index contributed by atoms with van der Waals surface area (Å²) in [5.41, 5.74) is 0.949. The van der Waals surface area contributed by atoms with E-state index in [1.165, 1.54) is 0 Å². The monoisotopic (exact) mass is 168 g/mol. The summed E-state index contributed by atoms with van der Waals surface area (Å²) in [6, 6.07) is 1.55. The standard InChI is InChI=1S/C8H12N2O2/c1-3-5-9-6-4-8(7(9)2)10(11)12/h4,6H,3,5H2,1-2H3. The normalized spacial score (nSPS) is 10.2. The molecule has 1 aromatic rings. The lowest BCUT2D eigenvalue weighted by molar-refractivity contribution is -0.385. The summed E-state index contributed by atoms with van der Waals surface area (Å²) < 4.78 is 1.90. The second kappa shape index (κ2) is 3.38. The number of rotatable bonds is 3. The van der Waals surface area contributed by atoms with Crippen molar-refractivity contribution >= 4 is 5.69 Å². The quantitative estimate of drug-likeness (QED) is 0.512. The van der Waals surface area contributed by atoms with Gasteiger partial charge in [0.05, 0.1) is 10.6 Å². The van der Waals surface area contributed by atoms with Crippen LogP contribution in [0.5, 0.6) is 0 Å². The molecule has 4 heteroatoms. The average molecular weight is 168 g/mol. The Morgan fingerprint density at radius 1 is 1.67 bits per heavy atom. The van der Waals surface area contributed by atoms with Crippen LogP contribution in [-0.4, -0.2) is 9.49 Å². The molecule has 0 aliphatic rings. The van der Waals surface area contributed by atoms with Crippen LogP contribution in [-0.2, 0) is 6.54 Å². The molecule has 4 nitrogen and oxygen atoms in total. The van der Waals surface area contributed by atoms with Crippen LogP contribution in [0.25, 0.3) is 0 Å². The average Bonchev–Trinajstić information content (AvgIpc) is 2.34. The Bertz CT molecular complexity index is 291. The van der Waals surface area contributed by atoms with Gasteiger partial charge >= 0.3 is 0 Å². The van der Waals surface area contributed by atoms with Crippen LogP contribution in [0.2, 0.25) is 0 Å². The summed E-state index contributed by atoms with van der Waals surface area (Å²) in [6.45, 7) is 4.67. The predicted octanol–water partition coefficient (Wildman–Crippen LogP) is 2.11. The molecule has 12 heavy (non-hydrogen) atoms. The first-order chi connectivity index (χ1) is 5.66. The van der Waals surface area contributed by atoms with Gasteiger partial charge in [0.1, 0.15) is 0 Å². The number of hydrogen-bond acceptors (Lipinski definition) is 2. The van der Waals surface area contributed by atoms with Gasteiger partial charge in [0.2, 0.25) is 0 Å². The highest BCUT2D eigenvalue weighted by Crippen LogP contribution is 2.18. The molecule has 0 aliphatic carbocycles. The van der Waals surface area contributed by atoms with Gasteiger partial charge in [-0.15, -0.1) is 0 Å². The van der Waals surface area contributed by atoms with Crippen molar-refractivity contribution < 1.29 is 4.92 Å². The molecule has 0 spiro atoms. The van der Waals surface area contributed by atoms with Crippen LogP contribution < -0.4 is 0 Å². The van der Waals surface area contributed by atoms with Gasteiger partial charge in [-0.25, -0.2) is 0 Å². The number of aryl methyl sites for hydroxylation is 1. The van der Waals surface area contributed by atoms with Gasteiger partial charge in [0.25, 0.3) is 5.69 Å². The van der Waals surface area contributed by atoms with Crippen molar-refractivity contribution in [3.05, 3.63) is 28.1 Å². The van der Waals surface area contributed by atoms with Crippen molar-refractivity contribution in [2.45, 2.75) is 26.8 Å². The fourth-order valence-electron chi connectivity index (χ4n) is 1.22. The largest absolute Gasteiger partial charge is 0.346 e. The Kier molecular flexibility index (Phi) is 2.47. The summed E-state index contributed by atoms with van der Waals surface area (Å²) in [5.74, 6) is 0. The molecule has 0 radical (unpaired) electrons. The topological polar surface area (TPSA) is 48.1 Å². The zero-order valence-electron chi connectivity index (χ0n) is 7.28. The van der Waals surface area contributed by atoms with E-state index < -0.39 is 0 Å². The number of aromatic nitrogens is 1. The first-order valence-corrected chi connectivity index (χ1v) is 3.97. The zero-order valence-corrected chi connectivity index (χ0v) is 7.28. The first-order valence-electron chi connectivity index (χ1n) is 3.97. The highest BCUT2D eigenvalue weighted by molar-refractivity contribution is 5.35. The molecule has 0 atom stereocenters. The van der Waals surface area contributed by atoms with Crippen LogP contribution in [0.15, 0.2) is 12.3 Å². The van der Waals surface area contributed by atoms with E-state index in [-0.39, 0.29) is 10.6 Å². The first kappa shape index (κ1) is 8.77. The van der Waals surface area contributed by atoms with Crippen molar-refractivity contribution in [1.82, 2.24) is 4.57 Å². The lowest BCUT2D eigenvalue weighted by atomic mass is 10.4. The van der Waals surface area contributed by atoms with E-state index in [4.69, 9.17) is 0 Å². The van der Waals surface area contributed by atoms with Gasteiger partial charge < -0.3 is 4.57 Å². The van der Waals surface area contributed by atoms with E-state index in [9.17, 15) is 10.1 Å². The Labute approximate surface area is 71.0 Å². The predicted molar refractivity (Wildman–Crippen MR) is 46.1 cm³/mol. The molecule has 0 fully saturated rings. The third kappa shape index (κ3) is 1.47. The lowest BCUT2D eigenvalue weighted by Crippen LogP contribution is -1.98. The molecule has 1 aromatic heterocycles. The van der Waals surface area contributed by atoms with E-state index in [2.05, 4.69) is 0 Å². The van der Waals surface area contributed by atoms with Gasteiger partial charge in [0.15, 0.2) is 0 Å². The van der Waals surface area contributed by atoms with Crippen molar-refractivity contribution in [1.29, 1.82) is 0 Å². The summed E-state index contributed by atoms with van der Waals surface area (Å²) >= 11 is 0. The van der Waals surface area contributed by atoms with Crippen LogP contribution in [0.3, 0.4) is 0 Å². The molecular formula is C8H12N2O2. The van der Waals surface area contributed by atoms with Crippen LogP contribution in [0, 0.1) is 17.0 Å². The Morgan fingerprint density at radius 2 is 2.33 bits per heavy atom. The molecule has 0 bridgehead atoms. The maximum absolute atomic E-state index is 10.4. The number of hydrogen-bond donors (Lipinski definition) is 0. The molecule has 0 saturated heterocycles. The Hall–Kier alpha value is -1.32. The summed E-state index contributed by atoms with van der Waals surface area (Å²) in [4.78, 5) is 10.1. The molecule has 0 amide bonds. The summed E-state index contributed by atoms with van der Waals surface area (Å²) in [7, 11) is 0. The minimum atomic E-state index is -0.346. The second-order valence-corrected chi connectivity index (χ2v) is 2.74. The number of nitrogens with zero attached hydrogens (tertiary/aromatic N) is 2. The van der Waals surface area contributed by atoms with Gasteiger partial charge in [-0.05, 0) is 13.3 Å². The maximum Gasteiger partial charge on any atom is 0.289 e. The highest BCUT2D eigenvalue weighted by Gasteiger charge is 2.13. The molecule has 1 rings (SSSR count). The van der Waals surface area contributed by atoms with E-state index in [1.807, 2.05) is 11.5 Å².